The molecule has 0 saturated carbocycles. The third-order valence-corrected chi connectivity index (χ3v) is 2.16. The van der Waals surface area contributed by atoms with Crippen LogP contribution >= 0.6 is 0 Å². The molecule has 3 N–H and O–H groups in total. The number of aliphatic hydroxyl groups is 3. The van der Waals surface area contributed by atoms with Crippen molar-refractivity contribution in [3.63, 3.8) is 0 Å². The van der Waals surface area contributed by atoms with Crippen molar-refractivity contribution in [3.8, 4) is 0 Å². The second kappa shape index (κ2) is 6.29. The van der Waals surface area contributed by atoms with Gasteiger partial charge in [0.05, 0.1) is 18.9 Å². The Balaban J connectivity index is 2.80. The first-order valence-electron chi connectivity index (χ1n) is 5.18. The number of hydrogen-bond acceptors (Lipinski definition) is 6. The molecule has 0 aliphatic carbocycles. The smallest absolute Gasteiger partial charge is 0.338 e. The van der Waals surface area contributed by atoms with Crippen molar-refractivity contribution in [1.29, 1.82) is 0 Å². The van der Waals surface area contributed by atoms with E-state index in [1.807, 2.05) is 0 Å². The zero-order chi connectivity index (χ0) is 12.8. The van der Waals surface area contributed by atoms with Gasteiger partial charge in [-0.2, -0.15) is 0 Å². The Morgan fingerprint density at radius 2 is 2.24 bits per heavy atom. The van der Waals surface area contributed by atoms with E-state index in [1.165, 1.54) is 12.3 Å². The highest BCUT2D eigenvalue weighted by Crippen LogP contribution is 2.16. The molecule has 0 amide bonds. The third kappa shape index (κ3) is 3.48. The van der Waals surface area contributed by atoms with Crippen LogP contribution in [0.25, 0.3) is 0 Å². The van der Waals surface area contributed by atoms with Crippen LogP contribution in [-0.4, -0.2) is 39.0 Å². The summed E-state index contributed by atoms with van der Waals surface area (Å²) in [6.45, 7) is 1.51. The lowest BCUT2D eigenvalue weighted by Gasteiger charge is -2.16. The quantitative estimate of drug-likeness (QED) is 0.603. The van der Waals surface area contributed by atoms with E-state index in [0.717, 1.165) is 0 Å². The molecule has 1 heterocycles. The maximum atomic E-state index is 11.2. The van der Waals surface area contributed by atoms with Gasteiger partial charge in [-0.1, -0.05) is 0 Å². The molecule has 6 heteroatoms. The van der Waals surface area contributed by atoms with Crippen molar-refractivity contribution in [2.45, 2.75) is 25.7 Å². The lowest BCUT2D eigenvalue weighted by molar-refractivity contribution is -0.159. The number of hydrogen-bond donors (Lipinski definition) is 3. The molecule has 0 aliphatic rings. The Kier molecular flexibility index (Phi) is 5.02. The molecule has 2 atom stereocenters. The molecule has 0 fully saturated rings. The number of pyridine rings is 1. The number of ether oxygens (including phenoxy) is 1. The first-order valence-corrected chi connectivity index (χ1v) is 5.18. The van der Waals surface area contributed by atoms with Crippen LogP contribution in [0.5, 0.6) is 0 Å². The average Bonchev–Trinajstić information content (AvgIpc) is 2.37. The van der Waals surface area contributed by atoms with Gasteiger partial charge in [-0.25, -0.2) is 4.79 Å². The van der Waals surface area contributed by atoms with Gasteiger partial charge < -0.3 is 20.1 Å². The minimum absolute atomic E-state index is 0.108. The molecule has 2 unspecified atom stereocenters. The highest BCUT2D eigenvalue weighted by molar-refractivity contribution is 5.75. The summed E-state index contributed by atoms with van der Waals surface area (Å²) in [5, 5.41) is 28.1. The lowest BCUT2D eigenvalue weighted by Crippen LogP contribution is -2.30. The molecule has 17 heavy (non-hydrogen) atoms. The number of rotatable bonds is 5. The molecule has 0 bridgehead atoms. The van der Waals surface area contributed by atoms with Gasteiger partial charge in [0.2, 0.25) is 0 Å². The summed E-state index contributed by atoms with van der Waals surface area (Å²) in [5.74, 6) is -0.906. The second-order valence-electron chi connectivity index (χ2n) is 3.39. The van der Waals surface area contributed by atoms with Gasteiger partial charge in [-0.15, -0.1) is 0 Å². The summed E-state index contributed by atoms with van der Waals surface area (Å²) < 4.78 is 4.58. The number of carbonyl (C=O) groups excluding carboxylic acids is 1. The van der Waals surface area contributed by atoms with Gasteiger partial charge in [-0.05, 0) is 24.6 Å². The van der Waals surface area contributed by atoms with E-state index in [1.54, 1.807) is 13.0 Å². The Hall–Kier alpha value is -1.50. The molecule has 1 rings (SSSR count). The summed E-state index contributed by atoms with van der Waals surface area (Å²) in [5.41, 5.74) is 0.641. The largest absolute Gasteiger partial charge is 0.464 e. The van der Waals surface area contributed by atoms with E-state index in [9.17, 15) is 15.0 Å². The Bertz CT molecular complexity index is 382. The topological polar surface area (TPSA) is 99.9 Å². The SMILES string of the molecule is CCOC(=O)C(O)C(O)c1cc(CO)ccn1. The van der Waals surface area contributed by atoms with Crippen LogP contribution in [0.4, 0.5) is 0 Å². The molecule has 0 radical (unpaired) electrons. The lowest BCUT2D eigenvalue weighted by atomic mass is 10.1. The van der Waals surface area contributed by atoms with Crippen LogP contribution < -0.4 is 0 Å². The summed E-state index contributed by atoms with van der Waals surface area (Å²) in [4.78, 5) is 15.0. The van der Waals surface area contributed by atoms with Crippen LogP contribution in [0.15, 0.2) is 18.3 Å². The number of aromatic nitrogens is 1. The summed E-state index contributed by atoms with van der Waals surface area (Å²) in [7, 11) is 0. The Morgan fingerprint density at radius 1 is 1.53 bits per heavy atom. The molecule has 0 spiro atoms. The van der Waals surface area contributed by atoms with Crippen molar-refractivity contribution >= 4 is 5.97 Å². The number of aliphatic hydroxyl groups excluding tert-OH is 3. The van der Waals surface area contributed by atoms with E-state index in [4.69, 9.17) is 5.11 Å². The maximum absolute atomic E-state index is 11.2. The number of nitrogens with zero attached hydrogens (tertiary/aromatic N) is 1. The van der Waals surface area contributed by atoms with E-state index >= 15 is 0 Å². The van der Waals surface area contributed by atoms with Crippen molar-refractivity contribution in [2.75, 3.05) is 6.61 Å². The standard InChI is InChI=1S/C11H15NO5/c1-2-17-11(16)10(15)9(14)8-5-7(6-13)3-4-12-8/h3-5,9-10,13-15H,2,6H2,1H3. The minimum Gasteiger partial charge on any atom is -0.464 e. The minimum atomic E-state index is -1.68. The Labute approximate surface area is 98.5 Å². The molecule has 94 valence electrons. The van der Waals surface area contributed by atoms with Gasteiger partial charge in [-0.3, -0.25) is 4.98 Å². The second-order valence-corrected chi connectivity index (χ2v) is 3.39. The molecule has 0 aromatic carbocycles. The predicted molar refractivity (Wildman–Crippen MR) is 57.8 cm³/mol. The fourth-order valence-corrected chi connectivity index (χ4v) is 1.27. The van der Waals surface area contributed by atoms with Crippen LogP contribution in [0, 0.1) is 0 Å². The molecule has 1 aromatic heterocycles. The molecule has 6 nitrogen and oxygen atoms in total. The summed E-state index contributed by atoms with van der Waals surface area (Å²) in [6.07, 6.45) is -1.78. The molecular formula is C11H15NO5. The molecule has 0 saturated heterocycles. The first kappa shape index (κ1) is 13.6. The van der Waals surface area contributed by atoms with Crippen LogP contribution in [0.3, 0.4) is 0 Å². The van der Waals surface area contributed by atoms with Gasteiger partial charge in [0, 0.05) is 6.20 Å². The maximum Gasteiger partial charge on any atom is 0.338 e. The predicted octanol–water partition coefficient (Wildman–Crippen LogP) is -0.469. The van der Waals surface area contributed by atoms with Gasteiger partial charge >= 0.3 is 5.97 Å². The highest BCUT2D eigenvalue weighted by atomic mass is 16.5. The van der Waals surface area contributed by atoms with E-state index in [2.05, 4.69) is 9.72 Å². The van der Waals surface area contributed by atoms with Crippen LogP contribution in [0.2, 0.25) is 0 Å². The molecule has 1 aromatic rings. The number of esters is 1. The fraction of sp³-hybridized carbons (Fsp3) is 0.455. The van der Waals surface area contributed by atoms with Gasteiger partial charge in [0.1, 0.15) is 6.10 Å². The van der Waals surface area contributed by atoms with Crippen molar-refractivity contribution < 1.29 is 24.9 Å². The van der Waals surface area contributed by atoms with E-state index in [0.29, 0.717) is 5.56 Å². The zero-order valence-electron chi connectivity index (χ0n) is 9.41. The van der Waals surface area contributed by atoms with E-state index < -0.39 is 18.2 Å². The number of carbonyl (C=O) groups is 1. The fourth-order valence-electron chi connectivity index (χ4n) is 1.27. The van der Waals surface area contributed by atoms with Crippen molar-refractivity contribution in [3.05, 3.63) is 29.6 Å². The highest BCUT2D eigenvalue weighted by Gasteiger charge is 2.27. The zero-order valence-corrected chi connectivity index (χ0v) is 9.41. The first-order chi connectivity index (χ1) is 8.10. The van der Waals surface area contributed by atoms with Crippen molar-refractivity contribution in [1.82, 2.24) is 4.98 Å². The third-order valence-electron chi connectivity index (χ3n) is 2.16. The van der Waals surface area contributed by atoms with Gasteiger partial charge in [0.25, 0.3) is 0 Å². The van der Waals surface area contributed by atoms with Gasteiger partial charge in [0.15, 0.2) is 6.10 Å². The summed E-state index contributed by atoms with van der Waals surface area (Å²) >= 11 is 0. The van der Waals surface area contributed by atoms with Crippen LogP contribution in [-0.2, 0) is 16.1 Å². The normalized spacial score (nSPS) is 14.1. The summed E-state index contributed by atoms with van der Waals surface area (Å²) in [6, 6.07) is 2.97. The Morgan fingerprint density at radius 3 is 2.82 bits per heavy atom. The average molecular weight is 241 g/mol. The monoisotopic (exact) mass is 241 g/mol. The molecule has 0 aliphatic heterocycles. The van der Waals surface area contributed by atoms with Crippen molar-refractivity contribution in [2.24, 2.45) is 0 Å². The molecular weight excluding hydrogens is 226 g/mol. The van der Waals surface area contributed by atoms with E-state index in [-0.39, 0.29) is 18.9 Å². The van der Waals surface area contributed by atoms with Crippen LogP contribution in [0.1, 0.15) is 24.3 Å².